The molecule has 6 rings (SSSR count). The average Bonchev–Trinajstić information content (AvgIpc) is 3.50. The molecule has 2 unspecified atom stereocenters. The Morgan fingerprint density at radius 3 is 2.51 bits per heavy atom. The molecule has 0 radical (unpaired) electrons. The summed E-state index contributed by atoms with van der Waals surface area (Å²) >= 11 is 0. The Bertz CT molecular complexity index is 1390. The number of carbonyl (C=O) groups is 1. The zero-order chi connectivity index (χ0) is 27.1. The molecule has 1 N–H and O–H groups in total. The Morgan fingerprint density at radius 2 is 1.77 bits per heavy atom. The van der Waals surface area contributed by atoms with E-state index in [1.165, 1.54) is 0 Å². The van der Waals surface area contributed by atoms with Crippen molar-refractivity contribution in [2.75, 3.05) is 19.8 Å². The molecule has 0 bridgehead atoms. The third kappa shape index (κ3) is 5.08. The highest BCUT2D eigenvalue weighted by atomic mass is 19.1. The van der Waals surface area contributed by atoms with Gasteiger partial charge in [0.15, 0.2) is 0 Å². The molecule has 204 valence electrons. The van der Waals surface area contributed by atoms with Crippen molar-refractivity contribution < 1.29 is 33.2 Å². The van der Waals surface area contributed by atoms with Crippen LogP contribution in [0.3, 0.4) is 0 Å². The SMILES string of the molecule is Cc1cc(OC2CCOCC2)cc(C)c1-c1ccc(F)c2c1CCC2Oc1ccc2c(c1)OCC2CC(=O)O. The molecule has 1 aliphatic carbocycles. The minimum absolute atomic E-state index is 0.0265. The van der Waals surface area contributed by atoms with Crippen molar-refractivity contribution in [2.45, 2.75) is 64.1 Å². The summed E-state index contributed by atoms with van der Waals surface area (Å²) in [5, 5.41) is 9.16. The number of hydrogen-bond acceptors (Lipinski definition) is 5. The summed E-state index contributed by atoms with van der Waals surface area (Å²) in [6, 6.07) is 13.1. The second-order valence-corrected chi connectivity index (χ2v) is 10.8. The lowest BCUT2D eigenvalue weighted by Crippen LogP contribution is -2.25. The molecule has 2 atom stereocenters. The first-order valence-electron chi connectivity index (χ1n) is 13.7. The summed E-state index contributed by atoms with van der Waals surface area (Å²) < 4.78 is 39.0. The summed E-state index contributed by atoms with van der Waals surface area (Å²) in [6.45, 7) is 5.97. The molecule has 0 aromatic heterocycles. The largest absolute Gasteiger partial charge is 0.492 e. The Kier molecular flexibility index (Phi) is 6.94. The van der Waals surface area contributed by atoms with Crippen LogP contribution >= 0.6 is 0 Å². The molecule has 1 saturated heterocycles. The van der Waals surface area contributed by atoms with Crippen LogP contribution in [0.15, 0.2) is 42.5 Å². The van der Waals surface area contributed by atoms with Crippen molar-refractivity contribution in [3.8, 4) is 28.4 Å². The fourth-order valence-corrected chi connectivity index (χ4v) is 6.30. The first-order chi connectivity index (χ1) is 18.9. The van der Waals surface area contributed by atoms with Gasteiger partial charge in [0.2, 0.25) is 0 Å². The minimum Gasteiger partial charge on any atom is -0.492 e. The molecule has 6 nitrogen and oxygen atoms in total. The van der Waals surface area contributed by atoms with E-state index < -0.39 is 12.1 Å². The maximum atomic E-state index is 15.3. The topological polar surface area (TPSA) is 74.2 Å². The molecule has 39 heavy (non-hydrogen) atoms. The standard InChI is InChI=1S/C32H33FO6/c1-18-13-23(38-21-9-11-36-12-10-21)14-19(2)31(18)25-5-7-27(33)32-26(25)6-8-28(32)39-22-3-4-24-20(15-30(34)35)17-37-29(24)16-22/h3-5,7,13-14,16,20-21,28H,6,8-12,15,17H2,1-2H3,(H,34,35). The van der Waals surface area contributed by atoms with Crippen LogP contribution < -0.4 is 14.2 Å². The summed E-state index contributed by atoms with van der Waals surface area (Å²) in [5.41, 5.74) is 6.83. The number of aryl methyl sites for hydroxylation is 2. The van der Waals surface area contributed by atoms with Gasteiger partial charge in [-0.05, 0) is 78.8 Å². The highest BCUT2D eigenvalue weighted by Crippen LogP contribution is 2.45. The van der Waals surface area contributed by atoms with Crippen molar-refractivity contribution >= 4 is 5.97 Å². The summed E-state index contributed by atoms with van der Waals surface area (Å²) in [6.07, 6.45) is 2.96. The fraction of sp³-hybridized carbons (Fsp3) is 0.406. The molecule has 1 fully saturated rings. The Labute approximate surface area is 227 Å². The van der Waals surface area contributed by atoms with Crippen LogP contribution in [0.2, 0.25) is 0 Å². The molecule has 7 heteroatoms. The van der Waals surface area contributed by atoms with E-state index in [0.29, 0.717) is 36.5 Å². The lowest BCUT2D eigenvalue weighted by Gasteiger charge is -2.24. The highest BCUT2D eigenvalue weighted by molar-refractivity contribution is 5.76. The van der Waals surface area contributed by atoms with Crippen molar-refractivity contribution in [3.05, 3.63) is 76.1 Å². The predicted octanol–water partition coefficient (Wildman–Crippen LogP) is 6.68. The van der Waals surface area contributed by atoms with Gasteiger partial charge in [0.1, 0.15) is 35.3 Å². The monoisotopic (exact) mass is 532 g/mol. The van der Waals surface area contributed by atoms with Gasteiger partial charge >= 0.3 is 5.97 Å². The molecular weight excluding hydrogens is 499 g/mol. The molecule has 0 amide bonds. The fourth-order valence-electron chi connectivity index (χ4n) is 6.30. The second kappa shape index (κ2) is 10.5. The number of carboxylic acid groups (broad SMARTS) is 1. The summed E-state index contributed by atoms with van der Waals surface area (Å²) in [5.74, 6) is 0.821. The number of rotatable bonds is 7. The van der Waals surface area contributed by atoms with Gasteiger partial charge < -0.3 is 24.1 Å². The Balaban J connectivity index is 1.25. The van der Waals surface area contributed by atoms with E-state index in [1.54, 1.807) is 12.1 Å². The van der Waals surface area contributed by atoms with Crippen molar-refractivity contribution in [3.63, 3.8) is 0 Å². The van der Waals surface area contributed by atoms with Gasteiger partial charge in [-0.3, -0.25) is 4.79 Å². The first-order valence-corrected chi connectivity index (χ1v) is 13.7. The van der Waals surface area contributed by atoms with Gasteiger partial charge in [0.05, 0.1) is 26.2 Å². The number of benzene rings is 3. The minimum atomic E-state index is -0.849. The van der Waals surface area contributed by atoms with E-state index in [-0.39, 0.29) is 24.3 Å². The van der Waals surface area contributed by atoms with Crippen LogP contribution in [0.25, 0.3) is 11.1 Å². The van der Waals surface area contributed by atoms with Gasteiger partial charge in [-0.2, -0.15) is 0 Å². The van der Waals surface area contributed by atoms with Crippen LogP contribution in [0.1, 0.15) is 65.5 Å². The number of hydrogen-bond donors (Lipinski definition) is 1. The van der Waals surface area contributed by atoms with Gasteiger partial charge in [0, 0.05) is 36.0 Å². The summed E-state index contributed by atoms with van der Waals surface area (Å²) in [7, 11) is 0. The van der Waals surface area contributed by atoms with Gasteiger partial charge in [-0.15, -0.1) is 0 Å². The quantitative estimate of drug-likeness (QED) is 0.366. The van der Waals surface area contributed by atoms with Crippen LogP contribution in [0.5, 0.6) is 17.2 Å². The van der Waals surface area contributed by atoms with Gasteiger partial charge in [-0.25, -0.2) is 4.39 Å². The van der Waals surface area contributed by atoms with Crippen LogP contribution in [-0.2, 0) is 16.0 Å². The maximum Gasteiger partial charge on any atom is 0.304 e. The third-order valence-corrected chi connectivity index (χ3v) is 8.09. The molecule has 2 aliphatic heterocycles. The number of fused-ring (bicyclic) bond motifs is 2. The van der Waals surface area contributed by atoms with E-state index in [2.05, 4.69) is 26.0 Å². The van der Waals surface area contributed by atoms with Crippen molar-refractivity contribution in [1.82, 2.24) is 0 Å². The van der Waals surface area contributed by atoms with E-state index in [1.807, 2.05) is 18.2 Å². The molecule has 3 aliphatic rings. The van der Waals surface area contributed by atoms with Crippen molar-refractivity contribution in [1.29, 1.82) is 0 Å². The molecule has 0 spiro atoms. The van der Waals surface area contributed by atoms with E-state index in [9.17, 15) is 4.79 Å². The third-order valence-electron chi connectivity index (χ3n) is 8.09. The van der Waals surface area contributed by atoms with Crippen LogP contribution in [-0.4, -0.2) is 37.0 Å². The van der Waals surface area contributed by atoms with Crippen LogP contribution in [0.4, 0.5) is 4.39 Å². The molecule has 2 heterocycles. The number of halogens is 1. The maximum absolute atomic E-state index is 15.3. The van der Waals surface area contributed by atoms with E-state index in [0.717, 1.165) is 65.2 Å². The zero-order valence-electron chi connectivity index (χ0n) is 22.3. The van der Waals surface area contributed by atoms with Crippen LogP contribution in [0, 0.1) is 19.7 Å². The predicted molar refractivity (Wildman–Crippen MR) is 144 cm³/mol. The lowest BCUT2D eigenvalue weighted by molar-refractivity contribution is -0.137. The number of aliphatic carboxylic acids is 1. The Morgan fingerprint density at radius 1 is 1.00 bits per heavy atom. The smallest absolute Gasteiger partial charge is 0.304 e. The molecule has 3 aromatic carbocycles. The first kappa shape index (κ1) is 25.7. The molecular formula is C32H33FO6. The normalized spacial score (nSPS) is 20.3. The number of carboxylic acids is 1. The number of ether oxygens (including phenoxy) is 4. The van der Waals surface area contributed by atoms with Gasteiger partial charge in [0.25, 0.3) is 0 Å². The Hall–Kier alpha value is -3.58. The van der Waals surface area contributed by atoms with E-state index in [4.69, 9.17) is 24.1 Å². The molecule has 3 aromatic rings. The highest BCUT2D eigenvalue weighted by Gasteiger charge is 2.32. The summed E-state index contributed by atoms with van der Waals surface area (Å²) in [4.78, 5) is 11.2. The van der Waals surface area contributed by atoms with Gasteiger partial charge in [-0.1, -0.05) is 12.1 Å². The average molecular weight is 533 g/mol. The molecule has 0 saturated carbocycles. The lowest BCUT2D eigenvalue weighted by atomic mass is 9.90. The van der Waals surface area contributed by atoms with E-state index >= 15 is 4.39 Å². The second-order valence-electron chi connectivity index (χ2n) is 10.8. The van der Waals surface area contributed by atoms with Crippen molar-refractivity contribution in [2.24, 2.45) is 0 Å². The zero-order valence-corrected chi connectivity index (χ0v) is 22.3.